The SMILES string of the molecule is CCOC(=O)C1CCN(C(=O)COC(=O)C2=CN3CCS(=O)(=O)N=C3C=C2)CC1. The van der Waals surface area contributed by atoms with Crippen LogP contribution in [0.3, 0.4) is 0 Å². The molecular formula is C18H23N3O7S. The molecule has 0 atom stereocenters. The largest absolute Gasteiger partial charge is 0.466 e. The zero-order chi connectivity index (χ0) is 21.0. The van der Waals surface area contributed by atoms with Gasteiger partial charge in [-0.25, -0.2) is 13.2 Å². The summed E-state index contributed by atoms with van der Waals surface area (Å²) in [4.78, 5) is 39.4. The first-order chi connectivity index (χ1) is 13.8. The van der Waals surface area contributed by atoms with E-state index in [2.05, 4.69) is 4.40 Å². The molecule has 3 aliphatic heterocycles. The van der Waals surface area contributed by atoms with Crippen LogP contribution < -0.4 is 0 Å². The van der Waals surface area contributed by atoms with E-state index in [1.165, 1.54) is 18.4 Å². The zero-order valence-corrected chi connectivity index (χ0v) is 16.9. The fraction of sp³-hybridized carbons (Fsp3) is 0.556. The predicted molar refractivity (Wildman–Crippen MR) is 102 cm³/mol. The molecule has 0 aromatic carbocycles. The third kappa shape index (κ3) is 5.22. The lowest BCUT2D eigenvalue weighted by atomic mass is 9.97. The second-order valence-electron chi connectivity index (χ2n) is 6.83. The van der Waals surface area contributed by atoms with Crippen LogP contribution in [-0.2, 0) is 33.9 Å². The van der Waals surface area contributed by atoms with Crippen molar-refractivity contribution >= 4 is 33.7 Å². The van der Waals surface area contributed by atoms with Gasteiger partial charge in [0.1, 0.15) is 5.84 Å². The summed E-state index contributed by atoms with van der Waals surface area (Å²) < 4.78 is 36.8. The van der Waals surface area contributed by atoms with E-state index in [1.807, 2.05) is 0 Å². The number of hydrogen-bond acceptors (Lipinski definition) is 8. The maximum absolute atomic E-state index is 12.3. The number of ether oxygens (including phenoxy) is 2. The third-order valence-corrected chi connectivity index (χ3v) is 6.02. The van der Waals surface area contributed by atoms with Gasteiger partial charge in [-0.05, 0) is 31.9 Å². The van der Waals surface area contributed by atoms with Crippen molar-refractivity contribution < 1.29 is 32.3 Å². The Morgan fingerprint density at radius 3 is 2.55 bits per heavy atom. The van der Waals surface area contributed by atoms with Gasteiger partial charge in [0, 0.05) is 25.8 Å². The molecule has 0 radical (unpaired) electrons. The van der Waals surface area contributed by atoms with Crippen molar-refractivity contribution in [1.29, 1.82) is 0 Å². The molecule has 3 heterocycles. The second kappa shape index (κ2) is 8.76. The number of carbonyl (C=O) groups is 3. The maximum Gasteiger partial charge on any atom is 0.340 e. The van der Waals surface area contributed by atoms with Gasteiger partial charge < -0.3 is 19.3 Å². The van der Waals surface area contributed by atoms with Gasteiger partial charge in [0.25, 0.3) is 15.9 Å². The average molecular weight is 425 g/mol. The van der Waals surface area contributed by atoms with E-state index in [0.717, 1.165) is 0 Å². The highest BCUT2D eigenvalue weighted by atomic mass is 32.2. The summed E-state index contributed by atoms with van der Waals surface area (Å²) in [6, 6.07) is 0. The number of hydrogen-bond donors (Lipinski definition) is 0. The van der Waals surface area contributed by atoms with Crippen molar-refractivity contribution in [3.63, 3.8) is 0 Å². The van der Waals surface area contributed by atoms with E-state index in [9.17, 15) is 22.8 Å². The summed E-state index contributed by atoms with van der Waals surface area (Å²) in [6.07, 6.45) is 5.34. The standard InChI is InChI=1S/C18H23N3O7S/c1-2-27-17(23)13-5-7-20(8-6-13)16(22)12-28-18(24)14-3-4-15-19-29(25,26)10-9-21(15)11-14/h3-4,11,13H,2,5-10,12H2,1H3. The number of sulfonamides is 1. The van der Waals surface area contributed by atoms with Gasteiger partial charge in [0.15, 0.2) is 6.61 Å². The van der Waals surface area contributed by atoms with E-state index >= 15 is 0 Å². The molecule has 0 aliphatic carbocycles. The summed E-state index contributed by atoms with van der Waals surface area (Å²) in [6.45, 7) is 2.69. The maximum atomic E-state index is 12.3. The fourth-order valence-electron chi connectivity index (χ4n) is 3.25. The first kappa shape index (κ1) is 21.0. The van der Waals surface area contributed by atoms with Crippen molar-refractivity contribution in [2.75, 3.05) is 38.6 Å². The minimum Gasteiger partial charge on any atom is -0.466 e. The molecule has 10 nitrogen and oxygen atoms in total. The molecule has 1 fully saturated rings. The van der Waals surface area contributed by atoms with Crippen LogP contribution in [-0.4, -0.2) is 80.5 Å². The van der Waals surface area contributed by atoms with Crippen LogP contribution in [0.15, 0.2) is 28.3 Å². The molecule has 0 bridgehead atoms. The van der Waals surface area contributed by atoms with Gasteiger partial charge in [0.2, 0.25) is 0 Å². The lowest BCUT2D eigenvalue weighted by molar-refractivity contribution is -0.153. The smallest absolute Gasteiger partial charge is 0.340 e. The zero-order valence-electron chi connectivity index (χ0n) is 16.1. The number of carbonyl (C=O) groups excluding carboxylic acids is 3. The summed E-state index contributed by atoms with van der Waals surface area (Å²) in [5.41, 5.74) is 0.206. The molecule has 0 aromatic rings. The highest BCUT2D eigenvalue weighted by Gasteiger charge is 2.29. The van der Waals surface area contributed by atoms with Gasteiger partial charge in [-0.3, -0.25) is 9.59 Å². The Morgan fingerprint density at radius 1 is 1.14 bits per heavy atom. The monoisotopic (exact) mass is 425 g/mol. The number of piperidine rings is 1. The summed E-state index contributed by atoms with van der Waals surface area (Å²) in [5, 5.41) is 0. The Hall–Kier alpha value is -2.69. The molecule has 0 unspecified atom stereocenters. The van der Waals surface area contributed by atoms with Crippen molar-refractivity contribution in [2.24, 2.45) is 10.3 Å². The minimum atomic E-state index is -3.47. The number of fused-ring (bicyclic) bond motifs is 1. The van der Waals surface area contributed by atoms with Crippen LogP contribution in [0.5, 0.6) is 0 Å². The van der Waals surface area contributed by atoms with E-state index in [1.54, 1.807) is 16.7 Å². The Kier molecular flexibility index (Phi) is 6.36. The molecular weight excluding hydrogens is 402 g/mol. The van der Waals surface area contributed by atoms with E-state index in [0.29, 0.717) is 32.5 Å². The topological polar surface area (TPSA) is 123 Å². The lowest BCUT2D eigenvalue weighted by Gasteiger charge is -2.30. The lowest BCUT2D eigenvalue weighted by Crippen LogP contribution is -2.42. The van der Waals surface area contributed by atoms with Crippen molar-refractivity contribution in [3.05, 3.63) is 23.9 Å². The second-order valence-corrected chi connectivity index (χ2v) is 8.58. The third-order valence-electron chi connectivity index (χ3n) is 4.85. The molecule has 0 saturated carbocycles. The van der Waals surface area contributed by atoms with Crippen molar-refractivity contribution in [3.8, 4) is 0 Å². The van der Waals surface area contributed by atoms with Crippen LogP contribution in [0.4, 0.5) is 0 Å². The van der Waals surface area contributed by atoms with E-state index < -0.39 is 22.6 Å². The highest BCUT2D eigenvalue weighted by molar-refractivity contribution is 7.90. The summed E-state index contributed by atoms with van der Waals surface area (Å²) >= 11 is 0. The normalized spacial score (nSPS) is 21.0. The Bertz CT molecular complexity index is 883. The molecule has 0 aromatic heterocycles. The fourth-order valence-corrected chi connectivity index (χ4v) is 4.22. The average Bonchev–Trinajstić information content (AvgIpc) is 2.71. The van der Waals surface area contributed by atoms with Crippen LogP contribution in [0.1, 0.15) is 19.8 Å². The molecule has 29 heavy (non-hydrogen) atoms. The number of nitrogens with zero attached hydrogens (tertiary/aromatic N) is 3. The number of esters is 2. The van der Waals surface area contributed by atoms with Crippen molar-refractivity contribution in [2.45, 2.75) is 19.8 Å². The molecule has 0 N–H and O–H groups in total. The molecule has 1 amide bonds. The van der Waals surface area contributed by atoms with Crippen LogP contribution >= 0.6 is 0 Å². The van der Waals surface area contributed by atoms with Crippen molar-refractivity contribution in [1.82, 2.24) is 9.80 Å². The molecule has 3 aliphatic rings. The number of likely N-dealkylation sites (tertiary alicyclic amines) is 1. The van der Waals surface area contributed by atoms with Gasteiger partial charge in [-0.2, -0.15) is 0 Å². The number of rotatable bonds is 5. The number of amidine groups is 1. The molecule has 158 valence electrons. The first-order valence-corrected chi connectivity index (χ1v) is 11.0. The Labute approximate surface area is 168 Å². The van der Waals surface area contributed by atoms with Gasteiger partial charge in [-0.1, -0.05) is 0 Å². The molecule has 0 spiro atoms. The van der Waals surface area contributed by atoms with Crippen LogP contribution in [0.2, 0.25) is 0 Å². The Balaban J connectivity index is 1.48. The predicted octanol–water partition coefficient (Wildman–Crippen LogP) is -0.171. The van der Waals surface area contributed by atoms with Gasteiger partial charge in [-0.15, -0.1) is 4.40 Å². The van der Waals surface area contributed by atoms with Gasteiger partial charge in [0.05, 0.1) is 23.9 Å². The van der Waals surface area contributed by atoms with Crippen LogP contribution in [0.25, 0.3) is 0 Å². The number of amides is 1. The van der Waals surface area contributed by atoms with Crippen LogP contribution in [0, 0.1) is 5.92 Å². The molecule has 1 saturated heterocycles. The quantitative estimate of drug-likeness (QED) is 0.556. The Morgan fingerprint density at radius 2 is 1.86 bits per heavy atom. The summed E-state index contributed by atoms with van der Waals surface area (Å²) in [7, 11) is -3.47. The molecule has 11 heteroatoms. The van der Waals surface area contributed by atoms with E-state index in [4.69, 9.17) is 9.47 Å². The minimum absolute atomic E-state index is 0.136. The first-order valence-electron chi connectivity index (χ1n) is 9.40. The molecule has 3 rings (SSSR count). The highest BCUT2D eigenvalue weighted by Crippen LogP contribution is 2.19. The van der Waals surface area contributed by atoms with E-state index in [-0.39, 0.29) is 41.5 Å². The van der Waals surface area contributed by atoms with Gasteiger partial charge >= 0.3 is 11.9 Å². The summed E-state index contributed by atoms with van der Waals surface area (Å²) in [5.74, 6) is -1.34.